The molecule has 0 spiro atoms. The SMILES string of the molecule is CC(C(=O)O)N(C)C(=O)NCc1cscn1. The van der Waals surface area contributed by atoms with E-state index >= 15 is 0 Å². The summed E-state index contributed by atoms with van der Waals surface area (Å²) in [5.41, 5.74) is 2.43. The van der Waals surface area contributed by atoms with Gasteiger partial charge in [-0.1, -0.05) is 0 Å². The van der Waals surface area contributed by atoms with E-state index in [1.54, 1.807) is 5.51 Å². The van der Waals surface area contributed by atoms with Gasteiger partial charge in [0.2, 0.25) is 0 Å². The summed E-state index contributed by atoms with van der Waals surface area (Å²) in [5, 5.41) is 13.1. The van der Waals surface area contributed by atoms with Crippen LogP contribution in [0.3, 0.4) is 0 Å². The van der Waals surface area contributed by atoms with Crippen molar-refractivity contribution in [1.29, 1.82) is 0 Å². The Balaban J connectivity index is 2.43. The fourth-order valence-corrected chi connectivity index (χ4v) is 1.52. The van der Waals surface area contributed by atoms with Crippen LogP contribution in [0.25, 0.3) is 0 Å². The average molecular weight is 243 g/mol. The molecule has 2 N–H and O–H groups in total. The maximum atomic E-state index is 11.5. The Kier molecular flexibility index (Phi) is 4.24. The van der Waals surface area contributed by atoms with Crippen molar-refractivity contribution in [3.05, 3.63) is 16.6 Å². The van der Waals surface area contributed by atoms with Gasteiger partial charge in [0.15, 0.2) is 0 Å². The molecular formula is C9H13N3O3S. The Labute approximate surface area is 96.9 Å². The van der Waals surface area contributed by atoms with Crippen molar-refractivity contribution in [2.75, 3.05) is 7.05 Å². The van der Waals surface area contributed by atoms with Crippen LogP contribution in [0.5, 0.6) is 0 Å². The molecule has 7 heteroatoms. The highest BCUT2D eigenvalue weighted by molar-refractivity contribution is 7.07. The summed E-state index contributed by atoms with van der Waals surface area (Å²) in [5.74, 6) is -1.04. The molecule has 6 nitrogen and oxygen atoms in total. The third kappa shape index (κ3) is 3.20. The highest BCUT2D eigenvalue weighted by Gasteiger charge is 2.21. The van der Waals surface area contributed by atoms with Crippen LogP contribution in [0, 0.1) is 0 Å². The van der Waals surface area contributed by atoms with Crippen molar-refractivity contribution < 1.29 is 14.7 Å². The number of carboxylic acid groups (broad SMARTS) is 1. The normalized spacial score (nSPS) is 11.9. The maximum Gasteiger partial charge on any atom is 0.326 e. The molecule has 0 fully saturated rings. The quantitative estimate of drug-likeness (QED) is 0.817. The summed E-state index contributed by atoms with van der Waals surface area (Å²) in [6, 6.07) is -1.28. The van der Waals surface area contributed by atoms with Crippen LogP contribution in [-0.4, -0.2) is 40.1 Å². The van der Waals surface area contributed by atoms with E-state index in [2.05, 4.69) is 10.3 Å². The predicted molar refractivity (Wildman–Crippen MR) is 59.2 cm³/mol. The molecule has 0 aliphatic rings. The lowest BCUT2D eigenvalue weighted by atomic mass is 10.3. The number of rotatable bonds is 4. The standard InChI is InChI=1S/C9H13N3O3S/c1-6(8(13)14)12(2)9(15)10-3-7-4-16-5-11-7/h4-6H,3H2,1-2H3,(H,10,15)(H,13,14). The summed E-state index contributed by atoms with van der Waals surface area (Å²) in [4.78, 5) is 27.3. The van der Waals surface area contributed by atoms with Crippen LogP contribution in [0.1, 0.15) is 12.6 Å². The molecule has 0 aliphatic heterocycles. The van der Waals surface area contributed by atoms with E-state index in [1.807, 2.05) is 5.38 Å². The van der Waals surface area contributed by atoms with Gasteiger partial charge in [-0.2, -0.15) is 0 Å². The van der Waals surface area contributed by atoms with Crippen molar-refractivity contribution in [3.63, 3.8) is 0 Å². The third-order valence-corrected chi connectivity index (χ3v) is 2.80. The Bertz CT molecular complexity index is 366. The van der Waals surface area contributed by atoms with E-state index in [0.29, 0.717) is 6.54 Å². The lowest BCUT2D eigenvalue weighted by Gasteiger charge is -2.21. The van der Waals surface area contributed by atoms with Crippen molar-refractivity contribution in [2.45, 2.75) is 19.5 Å². The molecule has 0 radical (unpaired) electrons. The van der Waals surface area contributed by atoms with E-state index in [1.165, 1.54) is 25.3 Å². The Morgan fingerprint density at radius 1 is 1.69 bits per heavy atom. The van der Waals surface area contributed by atoms with Crippen LogP contribution in [0.15, 0.2) is 10.9 Å². The number of carbonyl (C=O) groups excluding carboxylic acids is 1. The number of aliphatic carboxylic acids is 1. The average Bonchev–Trinajstić information content (AvgIpc) is 2.76. The lowest BCUT2D eigenvalue weighted by molar-refractivity contribution is -0.141. The molecule has 1 rings (SSSR count). The zero-order valence-corrected chi connectivity index (χ0v) is 9.82. The van der Waals surface area contributed by atoms with E-state index in [9.17, 15) is 9.59 Å². The zero-order valence-electron chi connectivity index (χ0n) is 9.01. The van der Waals surface area contributed by atoms with Gasteiger partial charge in [0, 0.05) is 12.4 Å². The number of hydrogen-bond acceptors (Lipinski definition) is 4. The van der Waals surface area contributed by atoms with Gasteiger partial charge < -0.3 is 15.3 Å². The number of carbonyl (C=O) groups is 2. The second kappa shape index (κ2) is 5.45. The fraction of sp³-hybridized carbons (Fsp3) is 0.444. The molecule has 0 bridgehead atoms. The largest absolute Gasteiger partial charge is 0.480 e. The second-order valence-corrected chi connectivity index (χ2v) is 3.98. The van der Waals surface area contributed by atoms with Crippen molar-refractivity contribution in [2.24, 2.45) is 0 Å². The summed E-state index contributed by atoms with van der Waals surface area (Å²) < 4.78 is 0. The Morgan fingerprint density at radius 2 is 2.38 bits per heavy atom. The Morgan fingerprint density at radius 3 is 2.88 bits per heavy atom. The number of nitrogens with zero attached hydrogens (tertiary/aromatic N) is 2. The molecule has 1 heterocycles. The minimum Gasteiger partial charge on any atom is -0.480 e. The number of likely N-dealkylation sites (N-methyl/N-ethyl adjacent to an activating group) is 1. The van der Waals surface area contributed by atoms with E-state index < -0.39 is 18.0 Å². The number of hydrogen-bond donors (Lipinski definition) is 2. The highest BCUT2D eigenvalue weighted by atomic mass is 32.1. The van der Waals surface area contributed by atoms with Crippen LogP contribution < -0.4 is 5.32 Å². The number of nitrogens with one attached hydrogen (secondary N) is 1. The molecule has 16 heavy (non-hydrogen) atoms. The fourth-order valence-electron chi connectivity index (χ4n) is 0.957. The molecule has 1 aromatic heterocycles. The number of thiazole rings is 1. The monoisotopic (exact) mass is 243 g/mol. The van der Waals surface area contributed by atoms with Crippen molar-refractivity contribution >= 4 is 23.3 Å². The van der Waals surface area contributed by atoms with E-state index in [-0.39, 0.29) is 0 Å². The minimum atomic E-state index is -1.04. The van der Waals surface area contributed by atoms with Crippen molar-refractivity contribution in [3.8, 4) is 0 Å². The first-order valence-electron chi connectivity index (χ1n) is 4.63. The van der Waals surface area contributed by atoms with Gasteiger partial charge in [0.1, 0.15) is 6.04 Å². The molecule has 1 atom stereocenters. The molecule has 88 valence electrons. The summed E-state index contributed by atoms with van der Waals surface area (Å²) in [6.07, 6.45) is 0. The minimum absolute atomic E-state index is 0.305. The van der Waals surface area contributed by atoms with Gasteiger partial charge >= 0.3 is 12.0 Å². The first kappa shape index (κ1) is 12.4. The van der Waals surface area contributed by atoms with Crippen LogP contribution in [0.2, 0.25) is 0 Å². The molecule has 0 saturated heterocycles. The zero-order chi connectivity index (χ0) is 12.1. The molecule has 0 saturated carbocycles. The number of carboxylic acids is 1. The Hall–Kier alpha value is -1.63. The maximum absolute atomic E-state index is 11.5. The van der Waals surface area contributed by atoms with Gasteiger partial charge in [0.25, 0.3) is 0 Å². The van der Waals surface area contributed by atoms with Crippen molar-refractivity contribution in [1.82, 2.24) is 15.2 Å². The topological polar surface area (TPSA) is 82.5 Å². The van der Waals surface area contributed by atoms with Gasteiger partial charge in [-0.15, -0.1) is 11.3 Å². The number of urea groups is 1. The van der Waals surface area contributed by atoms with Gasteiger partial charge in [0.05, 0.1) is 17.7 Å². The highest BCUT2D eigenvalue weighted by Crippen LogP contribution is 2.01. The number of amides is 2. The first-order chi connectivity index (χ1) is 7.52. The van der Waals surface area contributed by atoms with Crippen LogP contribution >= 0.6 is 11.3 Å². The predicted octanol–water partition coefficient (Wildman–Crippen LogP) is 0.758. The summed E-state index contributed by atoms with van der Waals surface area (Å²) in [7, 11) is 1.44. The summed E-state index contributed by atoms with van der Waals surface area (Å²) in [6.45, 7) is 1.75. The lowest BCUT2D eigenvalue weighted by Crippen LogP contribution is -2.45. The van der Waals surface area contributed by atoms with Crippen LogP contribution in [0.4, 0.5) is 4.79 Å². The smallest absolute Gasteiger partial charge is 0.326 e. The van der Waals surface area contributed by atoms with Gasteiger partial charge in [-0.25, -0.2) is 14.6 Å². The van der Waals surface area contributed by atoms with Gasteiger partial charge in [-0.05, 0) is 6.92 Å². The molecule has 1 aromatic rings. The molecule has 0 aromatic carbocycles. The van der Waals surface area contributed by atoms with E-state index in [0.717, 1.165) is 10.6 Å². The molecule has 0 aliphatic carbocycles. The molecule has 1 unspecified atom stereocenters. The van der Waals surface area contributed by atoms with Crippen LogP contribution in [-0.2, 0) is 11.3 Å². The number of aromatic nitrogens is 1. The third-order valence-electron chi connectivity index (χ3n) is 2.16. The van der Waals surface area contributed by atoms with Gasteiger partial charge in [-0.3, -0.25) is 0 Å². The molecular weight excluding hydrogens is 230 g/mol. The molecule has 2 amide bonds. The summed E-state index contributed by atoms with van der Waals surface area (Å²) >= 11 is 1.44. The van der Waals surface area contributed by atoms with E-state index in [4.69, 9.17) is 5.11 Å². The first-order valence-corrected chi connectivity index (χ1v) is 5.57. The second-order valence-electron chi connectivity index (χ2n) is 3.26.